The number of hydrogen-bond donors (Lipinski definition) is 0. The van der Waals surface area contributed by atoms with Gasteiger partial charge in [0.05, 0.1) is 12.2 Å². The Bertz CT molecular complexity index is 1180. The minimum Gasteiger partial charge on any atom is -0.490 e. The van der Waals surface area contributed by atoms with E-state index in [1.807, 2.05) is 23.1 Å². The van der Waals surface area contributed by atoms with Crippen molar-refractivity contribution < 1.29 is 9.53 Å². The average molecular weight is 422 g/mol. The topological polar surface area (TPSA) is 85.0 Å². The molecule has 0 unspecified atom stereocenters. The summed E-state index contributed by atoms with van der Waals surface area (Å²) in [7, 11) is 1.63. The Morgan fingerprint density at radius 1 is 1.06 bits per heavy atom. The lowest BCUT2D eigenvalue weighted by Crippen LogP contribution is -2.32. The number of carbonyl (C=O) groups is 1. The second-order valence-electron chi connectivity index (χ2n) is 8.13. The molecule has 2 aliphatic rings. The van der Waals surface area contributed by atoms with Gasteiger partial charge in [-0.25, -0.2) is 14.5 Å². The van der Waals surface area contributed by atoms with Crippen molar-refractivity contribution in [3.05, 3.63) is 46.6 Å². The number of rotatable bonds is 2. The zero-order chi connectivity index (χ0) is 21.4. The van der Waals surface area contributed by atoms with Crippen LogP contribution in [0, 0.1) is 0 Å². The Balaban J connectivity index is 1.48. The first-order chi connectivity index (χ1) is 15.1. The number of likely N-dealkylation sites (tertiary alicyclic amines) is 1. The maximum absolute atomic E-state index is 13.0. The van der Waals surface area contributed by atoms with Gasteiger partial charge < -0.3 is 14.5 Å². The minimum atomic E-state index is -0.184. The van der Waals surface area contributed by atoms with Crippen LogP contribution in [0.5, 0.6) is 5.75 Å². The molecule has 1 saturated heterocycles. The third-order valence-electron chi connectivity index (χ3n) is 5.98. The number of nitrogens with zero attached hydrogens (tertiary/aromatic N) is 6. The van der Waals surface area contributed by atoms with Crippen LogP contribution in [0.1, 0.15) is 42.5 Å². The fourth-order valence-electron chi connectivity index (χ4n) is 4.32. The van der Waals surface area contributed by atoms with Crippen LogP contribution in [0.3, 0.4) is 0 Å². The van der Waals surface area contributed by atoms with Gasteiger partial charge in [-0.15, -0.1) is 0 Å². The molecule has 162 valence electrons. The van der Waals surface area contributed by atoms with Gasteiger partial charge in [0.2, 0.25) is 0 Å². The predicted octanol–water partition coefficient (Wildman–Crippen LogP) is 2.36. The van der Waals surface area contributed by atoms with E-state index in [4.69, 9.17) is 4.74 Å². The van der Waals surface area contributed by atoms with E-state index < -0.39 is 0 Å². The molecule has 0 saturated carbocycles. The molecule has 0 N–H and O–H groups in total. The largest absolute Gasteiger partial charge is 0.490 e. The van der Waals surface area contributed by atoms with Crippen LogP contribution in [0.15, 0.2) is 35.4 Å². The van der Waals surface area contributed by atoms with E-state index in [-0.39, 0.29) is 11.6 Å². The van der Waals surface area contributed by atoms with Gasteiger partial charge in [-0.3, -0.25) is 9.20 Å². The van der Waals surface area contributed by atoms with Crippen LogP contribution >= 0.6 is 0 Å². The van der Waals surface area contributed by atoms with Crippen LogP contribution in [0.2, 0.25) is 0 Å². The molecule has 9 heteroatoms. The summed E-state index contributed by atoms with van der Waals surface area (Å²) in [6, 6.07) is 5.56. The number of aromatic nitrogens is 4. The van der Waals surface area contributed by atoms with Gasteiger partial charge in [-0.05, 0) is 31.4 Å². The van der Waals surface area contributed by atoms with E-state index in [0.717, 1.165) is 38.0 Å². The summed E-state index contributed by atoms with van der Waals surface area (Å²) in [5.74, 6) is 1.30. The number of hydrogen-bond acceptors (Lipinski definition) is 6. The molecule has 0 atom stereocenters. The zero-order valence-electron chi connectivity index (χ0n) is 17.7. The number of amides is 1. The van der Waals surface area contributed by atoms with Crippen LogP contribution in [0.25, 0.3) is 5.65 Å². The lowest BCUT2D eigenvalue weighted by atomic mass is 10.2. The highest BCUT2D eigenvalue weighted by Gasteiger charge is 2.24. The van der Waals surface area contributed by atoms with Gasteiger partial charge in [-0.2, -0.15) is 5.10 Å². The first kappa shape index (κ1) is 19.6. The van der Waals surface area contributed by atoms with Gasteiger partial charge >= 0.3 is 5.69 Å². The summed E-state index contributed by atoms with van der Waals surface area (Å²) in [6.07, 6.45) is 8.64. The maximum Gasteiger partial charge on any atom is 0.350 e. The van der Waals surface area contributed by atoms with E-state index in [1.54, 1.807) is 19.4 Å². The predicted molar refractivity (Wildman–Crippen MR) is 116 cm³/mol. The van der Waals surface area contributed by atoms with Crippen molar-refractivity contribution in [1.29, 1.82) is 0 Å². The molecule has 0 spiro atoms. The van der Waals surface area contributed by atoms with Crippen molar-refractivity contribution in [1.82, 2.24) is 24.1 Å². The third kappa shape index (κ3) is 3.64. The zero-order valence-corrected chi connectivity index (χ0v) is 17.7. The number of carbonyl (C=O) groups excluding carboxylic acids is 1. The van der Waals surface area contributed by atoms with E-state index in [1.165, 1.54) is 21.9 Å². The number of pyridine rings is 2. The van der Waals surface area contributed by atoms with E-state index in [2.05, 4.69) is 15.0 Å². The summed E-state index contributed by atoms with van der Waals surface area (Å²) in [5.41, 5.74) is 1.83. The average Bonchev–Trinajstić information content (AvgIpc) is 3.03. The molecule has 1 amide bonds. The molecule has 5 rings (SSSR count). The number of ether oxygens (including phenoxy) is 1. The molecule has 3 aromatic rings. The van der Waals surface area contributed by atoms with Crippen LogP contribution in [-0.4, -0.2) is 56.2 Å². The molecule has 0 bridgehead atoms. The van der Waals surface area contributed by atoms with Crippen molar-refractivity contribution in [2.24, 2.45) is 7.05 Å². The summed E-state index contributed by atoms with van der Waals surface area (Å²) in [6.45, 7) is 2.86. The normalized spacial score (nSPS) is 17.1. The second-order valence-corrected chi connectivity index (χ2v) is 8.13. The first-order valence-corrected chi connectivity index (χ1v) is 10.9. The van der Waals surface area contributed by atoms with Gasteiger partial charge in [0.25, 0.3) is 5.91 Å². The summed E-state index contributed by atoms with van der Waals surface area (Å²) in [4.78, 5) is 33.8. The van der Waals surface area contributed by atoms with Crippen LogP contribution in [0.4, 0.5) is 11.5 Å². The maximum atomic E-state index is 13.0. The van der Waals surface area contributed by atoms with Crippen LogP contribution in [-0.2, 0) is 7.05 Å². The Kier molecular flexibility index (Phi) is 5.09. The van der Waals surface area contributed by atoms with Crippen molar-refractivity contribution in [3.8, 4) is 5.75 Å². The van der Waals surface area contributed by atoms with Crippen molar-refractivity contribution in [3.63, 3.8) is 0 Å². The molecule has 2 aliphatic heterocycles. The molecule has 3 aromatic heterocycles. The lowest BCUT2D eigenvalue weighted by Gasteiger charge is -2.24. The SMILES string of the molecule is Cn1nc2cc(N3CCCOc4cc(C(=O)N5CCCCCC5)cnc43)ccn2c1=O. The molecule has 31 heavy (non-hydrogen) atoms. The minimum absolute atomic E-state index is 0.0193. The summed E-state index contributed by atoms with van der Waals surface area (Å²) >= 11 is 0. The summed E-state index contributed by atoms with van der Waals surface area (Å²) in [5, 5.41) is 4.28. The van der Waals surface area contributed by atoms with E-state index >= 15 is 0 Å². The smallest absolute Gasteiger partial charge is 0.350 e. The Labute approximate surface area is 179 Å². The number of fused-ring (bicyclic) bond motifs is 2. The van der Waals surface area contributed by atoms with E-state index in [9.17, 15) is 9.59 Å². The molecule has 5 heterocycles. The monoisotopic (exact) mass is 422 g/mol. The molecular formula is C22H26N6O3. The van der Waals surface area contributed by atoms with Gasteiger partial charge in [-0.1, -0.05) is 12.8 Å². The second kappa shape index (κ2) is 8.05. The molecule has 0 radical (unpaired) electrons. The Morgan fingerprint density at radius 3 is 2.68 bits per heavy atom. The van der Waals surface area contributed by atoms with Gasteiger partial charge in [0.1, 0.15) is 0 Å². The number of anilines is 2. The molecule has 1 fully saturated rings. The molecule has 9 nitrogen and oxygen atoms in total. The first-order valence-electron chi connectivity index (χ1n) is 10.9. The fourth-order valence-corrected chi connectivity index (χ4v) is 4.32. The number of aryl methyl sites for hydroxylation is 1. The van der Waals surface area contributed by atoms with Crippen molar-refractivity contribution >= 4 is 23.1 Å². The Morgan fingerprint density at radius 2 is 1.87 bits per heavy atom. The van der Waals surface area contributed by atoms with Crippen molar-refractivity contribution in [2.75, 3.05) is 31.1 Å². The highest BCUT2D eigenvalue weighted by Crippen LogP contribution is 2.35. The fraction of sp³-hybridized carbons (Fsp3) is 0.455. The molecule has 0 aliphatic carbocycles. The quantitative estimate of drug-likeness (QED) is 0.630. The highest BCUT2D eigenvalue weighted by molar-refractivity contribution is 5.95. The standard InChI is InChI=1S/C22H26N6O3/c1-25-22(30)28-11-7-17(14-19(28)24-25)27-10-6-12-31-18-13-16(15-23-20(18)27)21(29)26-8-4-2-3-5-9-26/h7,11,13-15H,2-6,8-10,12H2,1H3. The summed E-state index contributed by atoms with van der Waals surface area (Å²) < 4.78 is 8.79. The van der Waals surface area contributed by atoms with Crippen molar-refractivity contribution in [2.45, 2.75) is 32.1 Å². The lowest BCUT2D eigenvalue weighted by molar-refractivity contribution is 0.0760. The van der Waals surface area contributed by atoms with Gasteiger partial charge in [0, 0.05) is 50.8 Å². The molecular weight excluding hydrogens is 396 g/mol. The highest BCUT2D eigenvalue weighted by atomic mass is 16.5. The van der Waals surface area contributed by atoms with E-state index in [0.29, 0.717) is 35.9 Å². The van der Waals surface area contributed by atoms with Gasteiger partial charge in [0.15, 0.2) is 17.2 Å². The third-order valence-corrected chi connectivity index (χ3v) is 5.98. The molecule has 0 aromatic carbocycles. The van der Waals surface area contributed by atoms with Crippen LogP contribution < -0.4 is 15.3 Å². The Hall–Kier alpha value is -3.36.